The molecule has 0 unspecified atom stereocenters. The number of nitrogens with one attached hydrogen (secondary N) is 1. The molecule has 0 fully saturated rings. The lowest BCUT2D eigenvalue weighted by atomic mass is 10.3. The lowest BCUT2D eigenvalue weighted by Crippen LogP contribution is -2.11. The van der Waals surface area contributed by atoms with Crippen molar-refractivity contribution in [3.05, 3.63) is 41.9 Å². The van der Waals surface area contributed by atoms with Gasteiger partial charge in [-0.1, -0.05) is 12.1 Å². The number of allylic oxidation sites excluding steroid dienone is 1. The van der Waals surface area contributed by atoms with Crippen molar-refractivity contribution in [1.82, 2.24) is 9.97 Å². The van der Waals surface area contributed by atoms with Gasteiger partial charge in [0.15, 0.2) is 5.82 Å². The van der Waals surface area contributed by atoms with Crippen molar-refractivity contribution in [2.24, 2.45) is 10.7 Å². The second-order valence-electron chi connectivity index (χ2n) is 3.45. The van der Waals surface area contributed by atoms with E-state index in [-0.39, 0.29) is 0 Å². The average Bonchev–Trinajstić information content (AvgIpc) is 2.82. The molecule has 4 nitrogen and oxygen atoms in total. The molecule has 3 N–H and O–H groups in total. The van der Waals surface area contributed by atoms with Gasteiger partial charge in [0.25, 0.3) is 0 Å². The van der Waals surface area contributed by atoms with Crippen molar-refractivity contribution >= 4 is 16.7 Å². The van der Waals surface area contributed by atoms with E-state index in [0.29, 0.717) is 12.2 Å². The van der Waals surface area contributed by atoms with E-state index in [2.05, 4.69) is 15.0 Å². The number of para-hydroxylation sites is 2. The predicted molar refractivity (Wildman–Crippen MR) is 59.8 cm³/mol. The number of hydrogen-bond acceptors (Lipinski definition) is 3. The summed E-state index contributed by atoms with van der Waals surface area (Å²) in [5.41, 5.74) is 9.22. The van der Waals surface area contributed by atoms with Crippen LogP contribution in [0, 0.1) is 0 Å². The first-order valence-corrected chi connectivity index (χ1v) is 4.80. The van der Waals surface area contributed by atoms with Gasteiger partial charge in [0.1, 0.15) is 5.71 Å². The first-order chi connectivity index (χ1) is 7.34. The molecule has 2 heterocycles. The van der Waals surface area contributed by atoms with Crippen LogP contribution in [0.5, 0.6) is 0 Å². The summed E-state index contributed by atoms with van der Waals surface area (Å²) >= 11 is 0. The molecule has 0 aliphatic carbocycles. The Morgan fingerprint density at radius 3 is 2.87 bits per heavy atom. The van der Waals surface area contributed by atoms with E-state index in [4.69, 9.17) is 5.73 Å². The monoisotopic (exact) mass is 198 g/mol. The third-order valence-electron chi connectivity index (χ3n) is 2.45. The van der Waals surface area contributed by atoms with Gasteiger partial charge in [0, 0.05) is 0 Å². The lowest BCUT2D eigenvalue weighted by molar-refractivity contribution is 1.24. The summed E-state index contributed by atoms with van der Waals surface area (Å²) in [6.07, 6.45) is 1.89. The van der Waals surface area contributed by atoms with Crippen molar-refractivity contribution in [1.29, 1.82) is 0 Å². The fourth-order valence-electron chi connectivity index (χ4n) is 1.70. The molecule has 0 bridgehead atoms. The number of hydrogen-bond donors (Lipinski definition) is 2. The third kappa shape index (κ3) is 1.22. The fraction of sp³-hybridized carbons (Fsp3) is 0.0909. The zero-order chi connectivity index (χ0) is 10.3. The summed E-state index contributed by atoms with van der Waals surface area (Å²) in [6, 6.07) is 7.88. The highest BCUT2D eigenvalue weighted by molar-refractivity contribution is 6.12. The molecule has 0 radical (unpaired) electrons. The van der Waals surface area contributed by atoms with Gasteiger partial charge in [-0.2, -0.15) is 0 Å². The van der Waals surface area contributed by atoms with Gasteiger partial charge in [0.2, 0.25) is 0 Å². The van der Waals surface area contributed by atoms with E-state index < -0.39 is 0 Å². The molecule has 1 aliphatic heterocycles. The van der Waals surface area contributed by atoms with E-state index in [1.165, 1.54) is 0 Å². The van der Waals surface area contributed by atoms with Crippen molar-refractivity contribution < 1.29 is 0 Å². The van der Waals surface area contributed by atoms with Crippen molar-refractivity contribution in [2.75, 3.05) is 6.54 Å². The van der Waals surface area contributed by atoms with Crippen LogP contribution in [0.3, 0.4) is 0 Å². The standard InChI is InChI=1S/C11H10N4/c12-7-5-6-13-10(7)11-14-8-3-1-2-4-9(8)15-11/h1-5H,6,12H2,(H,14,15). The molecule has 0 atom stereocenters. The number of aromatic nitrogens is 2. The highest BCUT2D eigenvalue weighted by atomic mass is 15.0. The Balaban J connectivity index is 2.17. The zero-order valence-corrected chi connectivity index (χ0v) is 8.07. The Labute approximate surface area is 86.5 Å². The number of aliphatic imine (C=N–C) groups is 1. The van der Waals surface area contributed by atoms with Gasteiger partial charge < -0.3 is 10.7 Å². The maximum absolute atomic E-state index is 5.80. The SMILES string of the molecule is NC1=CCN=C1c1nc2ccccc2[nH]1. The minimum Gasteiger partial charge on any atom is -0.397 e. The van der Waals surface area contributed by atoms with Crippen LogP contribution in [-0.4, -0.2) is 22.2 Å². The second-order valence-corrected chi connectivity index (χ2v) is 3.45. The Bertz CT molecular complexity index is 544. The topological polar surface area (TPSA) is 67.1 Å². The summed E-state index contributed by atoms with van der Waals surface area (Å²) in [6.45, 7) is 0.651. The van der Waals surface area contributed by atoms with Crippen LogP contribution < -0.4 is 5.73 Å². The van der Waals surface area contributed by atoms with E-state index in [0.717, 1.165) is 22.6 Å². The van der Waals surface area contributed by atoms with Gasteiger partial charge in [0.05, 0.1) is 23.3 Å². The molecule has 0 spiro atoms. The number of aromatic amines is 1. The smallest absolute Gasteiger partial charge is 0.158 e. The van der Waals surface area contributed by atoms with Crippen LogP contribution in [0.2, 0.25) is 0 Å². The molecule has 0 amide bonds. The number of benzene rings is 1. The van der Waals surface area contributed by atoms with Crippen LogP contribution in [0.4, 0.5) is 0 Å². The van der Waals surface area contributed by atoms with E-state index >= 15 is 0 Å². The number of H-pyrrole nitrogens is 1. The molecule has 1 aromatic carbocycles. The highest BCUT2D eigenvalue weighted by Crippen LogP contribution is 2.14. The van der Waals surface area contributed by atoms with Crippen LogP contribution >= 0.6 is 0 Å². The molecule has 1 aromatic heterocycles. The summed E-state index contributed by atoms with van der Waals surface area (Å²) in [5, 5.41) is 0. The number of nitrogens with two attached hydrogens (primary N) is 1. The number of imidazole rings is 1. The Hall–Kier alpha value is -2.10. The molecule has 1 aliphatic rings. The zero-order valence-electron chi connectivity index (χ0n) is 8.07. The van der Waals surface area contributed by atoms with Crippen LogP contribution in [0.15, 0.2) is 41.0 Å². The van der Waals surface area contributed by atoms with Crippen molar-refractivity contribution in [3.63, 3.8) is 0 Å². The van der Waals surface area contributed by atoms with Gasteiger partial charge >= 0.3 is 0 Å². The normalized spacial score (nSPS) is 15.5. The Kier molecular flexibility index (Phi) is 1.62. The first-order valence-electron chi connectivity index (χ1n) is 4.80. The fourth-order valence-corrected chi connectivity index (χ4v) is 1.70. The van der Waals surface area contributed by atoms with Crippen LogP contribution in [-0.2, 0) is 0 Å². The van der Waals surface area contributed by atoms with Gasteiger partial charge in [-0.3, -0.25) is 4.99 Å². The summed E-state index contributed by atoms with van der Waals surface area (Å²) in [5.74, 6) is 0.752. The molecule has 4 heteroatoms. The minimum atomic E-state index is 0.651. The summed E-state index contributed by atoms with van der Waals surface area (Å²) in [7, 11) is 0. The molecule has 2 aromatic rings. The van der Waals surface area contributed by atoms with E-state index in [1.807, 2.05) is 30.3 Å². The van der Waals surface area contributed by atoms with Crippen LogP contribution in [0.25, 0.3) is 11.0 Å². The maximum Gasteiger partial charge on any atom is 0.158 e. The number of rotatable bonds is 1. The van der Waals surface area contributed by atoms with Gasteiger partial charge in [-0.25, -0.2) is 4.98 Å². The molecular formula is C11H10N4. The summed E-state index contributed by atoms with van der Waals surface area (Å²) < 4.78 is 0. The minimum absolute atomic E-state index is 0.651. The number of fused-ring (bicyclic) bond motifs is 1. The maximum atomic E-state index is 5.80. The van der Waals surface area contributed by atoms with Crippen LogP contribution in [0.1, 0.15) is 5.82 Å². The largest absolute Gasteiger partial charge is 0.397 e. The molecule has 0 saturated heterocycles. The summed E-state index contributed by atoms with van der Waals surface area (Å²) in [4.78, 5) is 11.9. The first kappa shape index (κ1) is 8.23. The quantitative estimate of drug-likeness (QED) is 0.723. The van der Waals surface area contributed by atoms with Gasteiger partial charge in [-0.05, 0) is 18.2 Å². The van der Waals surface area contributed by atoms with E-state index in [9.17, 15) is 0 Å². The Morgan fingerprint density at radius 2 is 2.13 bits per heavy atom. The van der Waals surface area contributed by atoms with Gasteiger partial charge in [-0.15, -0.1) is 0 Å². The highest BCUT2D eigenvalue weighted by Gasteiger charge is 2.14. The molecule has 0 saturated carbocycles. The van der Waals surface area contributed by atoms with Crippen molar-refractivity contribution in [2.45, 2.75) is 0 Å². The lowest BCUT2D eigenvalue weighted by Gasteiger charge is -1.95. The average molecular weight is 198 g/mol. The Morgan fingerprint density at radius 1 is 1.27 bits per heavy atom. The molecule has 15 heavy (non-hydrogen) atoms. The third-order valence-corrected chi connectivity index (χ3v) is 2.45. The molecule has 74 valence electrons. The molecular weight excluding hydrogens is 188 g/mol. The van der Waals surface area contributed by atoms with E-state index in [1.54, 1.807) is 0 Å². The molecule has 3 rings (SSSR count). The van der Waals surface area contributed by atoms with Crippen molar-refractivity contribution in [3.8, 4) is 0 Å². The second kappa shape index (κ2) is 2.95. The predicted octanol–water partition coefficient (Wildman–Crippen LogP) is 1.21. The number of nitrogens with zero attached hydrogens (tertiary/aromatic N) is 2.